The van der Waals surface area contributed by atoms with Gasteiger partial charge in [-0.05, 0) is 148 Å². The van der Waals surface area contributed by atoms with Gasteiger partial charge in [0.1, 0.15) is 0 Å². The Labute approximate surface area is 254 Å². The van der Waals surface area contributed by atoms with E-state index in [4.69, 9.17) is 0 Å². The lowest BCUT2D eigenvalue weighted by atomic mass is 9.81. The molecule has 0 fully saturated rings. The van der Waals surface area contributed by atoms with Gasteiger partial charge in [0.05, 0.1) is 5.69 Å². The molecule has 0 saturated carbocycles. The normalized spacial score (nSPS) is 13.7. The average molecular weight is 554 g/mol. The van der Waals surface area contributed by atoms with Crippen molar-refractivity contribution >= 4 is 50.8 Å². The molecule has 0 radical (unpaired) electrons. The van der Waals surface area contributed by atoms with Gasteiger partial charge < -0.3 is 4.90 Å². The Morgan fingerprint density at radius 1 is 0.535 bits per heavy atom. The van der Waals surface area contributed by atoms with Crippen LogP contribution in [0.25, 0.3) is 44.8 Å². The molecular weight excluding hydrogens is 518 g/mol. The molecule has 0 atom stereocenters. The molecule has 6 aromatic carbocycles. The van der Waals surface area contributed by atoms with Crippen LogP contribution in [0, 0.1) is 13.8 Å². The number of benzene rings is 6. The molecule has 0 unspecified atom stereocenters. The second-order valence-corrected chi connectivity index (χ2v) is 12.2. The highest BCUT2D eigenvalue weighted by Crippen LogP contribution is 2.47. The van der Waals surface area contributed by atoms with Crippen LogP contribution in [0.2, 0.25) is 0 Å². The molecular formula is C42H35N. The number of rotatable bonds is 4. The predicted molar refractivity (Wildman–Crippen MR) is 186 cm³/mol. The summed E-state index contributed by atoms with van der Waals surface area (Å²) in [6, 6.07) is 38.4. The van der Waals surface area contributed by atoms with Crippen LogP contribution >= 0.6 is 0 Å². The summed E-state index contributed by atoms with van der Waals surface area (Å²) in [6.07, 6.45) is 13.8. The smallest absolute Gasteiger partial charge is 0.0506 e. The SMILES string of the molecule is Cc1cc(C)cc(N(c2ccccc2)c2cc3cc(-c4ccc5ccccc5c4)c4c(c3c3c2CCC=C3)C=CCC4)c1. The van der Waals surface area contributed by atoms with Crippen molar-refractivity contribution in [2.75, 3.05) is 4.90 Å². The summed E-state index contributed by atoms with van der Waals surface area (Å²) in [7, 11) is 0. The van der Waals surface area contributed by atoms with Gasteiger partial charge in [-0.15, -0.1) is 0 Å². The largest absolute Gasteiger partial charge is 0.310 e. The maximum absolute atomic E-state index is 2.49. The first-order valence-corrected chi connectivity index (χ1v) is 15.6. The second kappa shape index (κ2) is 10.4. The Kier molecular flexibility index (Phi) is 6.26. The fourth-order valence-corrected chi connectivity index (χ4v) is 7.36. The number of hydrogen-bond acceptors (Lipinski definition) is 1. The van der Waals surface area contributed by atoms with E-state index in [0.29, 0.717) is 0 Å². The predicted octanol–water partition coefficient (Wildman–Crippen LogP) is 11.7. The van der Waals surface area contributed by atoms with Crippen LogP contribution in [0.1, 0.15) is 46.2 Å². The van der Waals surface area contributed by atoms with E-state index in [1.54, 1.807) is 0 Å². The summed E-state index contributed by atoms with van der Waals surface area (Å²) in [6.45, 7) is 4.40. The van der Waals surface area contributed by atoms with Crippen LogP contribution in [-0.2, 0) is 12.8 Å². The average Bonchev–Trinajstić information content (AvgIpc) is 3.04. The minimum Gasteiger partial charge on any atom is -0.310 e. The van der Waals surface area contributed by atoms with Gasteiger partial charge in [0.2, 0.25) is 0 Å². The van der Waals surface area contributed by atoms with Crippen molar-refractivity contribution in [2.24, 2.45) is 0 Å². The Morgan fingerprint density at radius 3 is 1.98 bits per heavy atom. The lowest BCUT2D eigenvalue weighted by Gasteiger charge is -2.31. The minimum atomic E-state index is 1.04. The molecule has 0 amide bonds. The first-order valence-electron chi connectivity index (χ1n) is 15.6. The van der Waals surface area contributed by atoms with Gasteiger partial charge >= 0.3 is 0 Å². The van der Waals surface area contributed by atoms with E-state index in [0.717, 1.165) is 25.7 Å². The standard InChI is InChI=1S/C42H35N/c1-28-22-29(2)24-35(23-28)43(34-14-4-3-5-15-34)41-27-33-26-40(32-21-20-30-12-6-7-13-31(30)25-32)36-16-8-10-18-38(36)42(33)39-19-11-9-17-37(39)41/h3-7,10-15,18-27H,8-9,16-17H2,1-2H3. The molecule has 208 valence electrons. The van der Waals surface area contributed by atoms with Gasteiger partial charge in [0.25, 0.3) is 0 Å². The number of fused-ring (bicyclic) bond motifs is 6. The van der Waals surface area contributed by atoms with Crippen LogP contribution < -0.4 is 4.90 Å². The third-order valence-electron chi connectivity index (χ3n) is 9.18. The molecule has 2 aliphatic carbocycles. The summed E-state index contributed by atoms with van der Waals surface area (Å²) < 4.78 is 0. The summed E-state index contributed by atoms with van der Waals surface area (Å²) in [5.74, 6) is 0. The van der Waals surface area contributed by atoms with Crippen LogP contribution in [0.5, 0.6) is 0 Å². The zero-order chi connectivity index (χ0) is 28.9. The van der Waals surface area contributed by atoms with Gasteiger partial charge in [-0.25, -0.2) is 0 Å². The van der Waals surface area contributed by atoms with Crippen LogP contribution in [0.15, 0.2) is 115 Å². The van der Waals surface area contributed by atoms with Crippen molar-refractivity contribution < 1.29 is 0 Å². The zero-order valence-electron chi connectivity index (χ0n) is 24.9. The van der Waals surface area contributed by atoms with Crippen molar-refractivity contribution in [1.82, 2.24) is 0 Å². The fraction of sp³-hybridized carbons (Fsp3) is 0.143. The van der Waals surface area contributed by atoms with Gasteiger partial charge in [-0.2, -0.15) is 0 Å². The molecule has 0 aromatic heterocycles. The molecule has 1 nitrogen and oxygen atoms in total. The first kappa shape index (κ1) is 25.8. The molecule has 0 N–H and O–H groups in total. The van der Waals surface area contributed by atoms with E-state index in [9.17, 15) is 0 Å². The molecule has 0 bridgehead atoms. The van der Waals surface area contributed by atoms with Crippen molar-refractivity contribution in [3.8, 4) is 11.1 Å². The van der Waals surface area contributed by atoms with E-state index >= 15 is 0 Å². The van der Waals surface area contributed by atoms with E-state index < -0.39 is 0 Å². The lowest BCUT2D eigenvalue weighted by molar-refractivity contribution is 0.978. The van der Waals surface area contributed by atoms with Crippen molar-refractivity contribution in [2.45, 2.75) is 39.5 Å². The van der Waals surface area contributed by atoms with Gasteiger partial charge in [0.15, 0.2) is 0 Å². The third-order valence-corrected chi connectivity index (χ3v) is 9.18. The molecule has 2 aliphatic rings. The quantitative estimate of drug-likeness (QED) is 0.210. The van der Waals surface area contributed by atoms with Crippen LogP contribution in [0.3, 0.4) is 0 Å². The highest BCUT2D eigenvalue weighted by molar-refractivity contribution is 6.06. The topological polar surface area (TPSA) is 3.24 Å². The first-order chi connectivity index (χ1) is 21.1. The summed E-state index contributed by atoms with van der Waals surface area (Å²) >= 11 is 0. The summed E-state index contributed by atoms with van der Waals surface area (Å²) in [5, 5.41) is 5.28. The maximum atomic E-state index is 2.49. The van der Waals surface area contributed by atoms with Crippen LogP contribution in [-0.4, -0.2) is 0 Å². The lowest BCUT2D eigenvalue weighted by Crippen LogP contribution is -2.15. The Balaban J connectivity index is 1.45. The number of hydrogen-bond donors (Lipinski definition) is 0. The molecule has 6 aromatic rings. The van der Waals surface area contributed by atoms with Gasteiger partial charge in [-0.3, -0.25) is 0 Å². The molecule has 43 heavy (non-hydrogen) atoms. The van der Waals surface area contributed by atoms with Crippen LogP contribution in [0.4, 0.5) is 17.1 Å². The minimum absolute atomic E-state index is 1.04. The zero-order valence-corrected chi connectivity index (χ0v) is 24.9. The molecule has 0 spiro atoms. The molecule has 0 heterocycles. The third kappa shape index (κ3) is 4.48. The van der Waals surface area contributed by atoms with E-state index in [-0.39, 0.29) is 0 Å². The van der Waals surface area contributed by atoms with Crippen molar-refractivity contribution in [1.29, 1.82) is 0 Å². The van der Waals surface area contributed by atoms with E-state index in [2.05, 4.69) is 146 Å². The maximum Gasteiger partial charge on any atom is 0.0506 e. The summed E-state index contributed by atoms with van der Waals surface area (Å²) in [4.78, 5) is 2.49. The van der Waals surface area contributed by atoms with E-state index in [1.165, 1.54) is 83.1 Å². The number of nitrogens with zero attached hydrogens (tertiary/aromatic N) is 1. The Morgan fingerprint density at radius 2 is 1.21 bits per heavy atom. The van der Waals surface area contributed by atoms with E-state index in [1.807, 2.05) is 0 Å². The Hall–Kier alpha value is -4.88. The number of anilines is 3. The monoisotopic (exact) mass is 553 g/mol. The summed E-state index contributed by atoms with van der Waals surface area (Å²) in [5.41, 5.74) is 14.6. The fourth-order valence-electron chi connectivity index (χ4n) is 7.36. The van der Waals surface area contributed by atoms with Crippen molar-refractivity contribution in [3.05, 3.63) is 149 Å². The van der Waals surface area contributed by atoms with Crippen molar-refractivity contribution in [3.63, 3.8) is 0 Å². The molecule has 1 heteroatoms. The molecule has 8 rings (SSSR count). The number of aryl methyl sites for hydroxylation is 2. The van der Waals surface area contributed by atoms with Gasteiger partial charge in [-0.1, -0.05) is 85.0 Å². The second-order valence-electron chi connectivity index (χ2n) is 12.2. The highest BCUT2D eigenvalue weighted by Gasteiger charge is 2.25. The molecule has 0 aliphatic heterocycles. The highest BCUT2D eigenvalue weighted by atomic mass is 15.1. The Bertz CT molecular complexity index is 2070. The number of para-hydroxylation sites is 1. The van der Waals surface area contributed by atoms with Gasteiger partial charge in [0, 0.05) is 11.4 Å². The molecule has 0 saturated heterocycles. The number of allylic oxidation sites excluding steroid dienone is 2.